The van der Waals surface area contributed by atoms with Gasteiger partial charge in [0.05, 0.1) is 5.56 Å². The van der Waals surface area contributed by atoms with Crippen molar-refractivity contribution in [3.8, 4) is 0 Å². The molecule has 0 spiro atoms. The Morgan fingerprint density at radius 1 is 1.35 bits per heavy atom. The standard InChI is InChI=1S/C15H18F3N3O2/c16-15(17,18)11-3-1-2-10(8-11)4-5-13(22)20-12-6-7-21(9-12)14(19)23/h1-3,8,12H,4-7,9H2,(H2,19,23)(H,20,22)/t12-/m0/s1. The molecule has 126 valence electrons. The molecule has 2 rings (SSSR count). The number of carbonyl (C=O) groups is 2. The Morgan fingerprint density at radius 3 is 2.70 bits per heavy atom. The third-order valence-electron chi connectivity index (χ3n) is 3.76. The summed E-state index contributed by atoms with van der Waals surface area (Å²) in [5.41, 5.74) is 4.90. The van der Waals surface area contributed by atoms with Crippen LogP contribution in [-0.2, 0) is 17.4 Å². The highest BCUT2D eigenvalue weighted by Crippen LogP contribution is 2.29. The summed E-state index contributed by atoms with van der Waals surface area (Å²) in [4.78, 5) is 24.3. The molecule has 1 aliphatic rings. The molecule has 1 fully saturated rings. The lowest BCUT2D eigenvalue weighted by Gasteiger charge is -2.14. The van der Waals surface area contributed by atoms with Crippen molar-refractivity contribution in [3.05, 3.63) is 35.4 Å². The molecule has 1 heterocycles. The average molecular weight is 329 g/mol. The molecule has 1 aromatic rings. The van der Waals surface area contributed by atoms with Gasteiger partial charge in [-0.05, 0) is 24.5 Å². The zero-order valence-corrected chi connectivity index (χ0v) is 12.4. The summed E-state index contributed by atoms with van der Waals surface area (Å²) < 4.78 is 37.9. The largest absolute Gasteiger partial charge is 0.416 e. The number of halogens is 3. The molecule has 0 bridgehead atoms. The summed E-state index contributed by atoms with van der Waals surface area (Å²) in [5.74, 6) is -0.251. The van der Waals surface area contributed by atoms with Crippen molar-refractivity contribution in [2.75, 3.05) is 13.1 Å². The Bertz CT molecular complexity index is 590. The number of nitrogens with zero attached hydrogens (tertiary/aromatic N) is 1. The topological polar surface area (TPSA) is 75.4 Å². The fourth-order valence-electron chi connectivity index (χ4n) is 2.54. The van der Waals surface area contributed by atoms with E-state index in [1.807, 2.05) is 0 Å². The van der Waals surface area contributed by atoms with Gasteiger partial charge in [0.15, 0.2) is 0 Å². The second-order valence-electron chi connectivity index (χ2n) is 5.54. The van der Waals surface area contributed by atoms with Gasteiger partial charge in [-0.2, -0.15) is 13.2 Å². The van der Waals surface area contributed by atoms with E-state index in [2.05, 4.69) is 5.32 Å². The number of hydrogen-bond acceptors (Lipinski definition) is 2. The molecule has 0 unspecified atom stereocenters. The molecule has 0 saturated carbocycles. The quantitative estimate of drug-likeness (QED) is 0.885. The van der Waals surface area contributed by atoms with Crippen LogP contribution in [0.4, 0.5) is 18.0 Å². The predicted octanol–water partition coefficient (Wildman–Crippen LogP) is 1.91. The normalized spacial score (nSPS) is 18.0. The van der Waals surface area contributed by atoms with Gasteiger partial charge in [0.25, 0.3) is 0 Å². The summed E-state index contributed by atoms with van der Waals surface area (Å²) in [7, 11) is 0. The zero-order chi connectivity index (χ0) is 17.0. The van der Waals surface area contributed by atoms with Gasteiger partial charge in [0, 0.05) is 25.6 Å². The minimum absolute atomic E-state index is 0.0916. The first-order valence-corrected chi connectivity index (χ1v) is 7.25. The smallest absolute Gasteiger partial charge is 0.352 e. The zero-order valence-electron chi connectivity index (χ0n) is 12.4. The Morgan fingerprint density at radius 2 is 2.09 bits per heavy atom. The molecule has 0 aliphatic carbocycles. The van der Waals surface area contributed by atoms with E-state index in [1.165, 1.54) is 11.0 Å². The number of urea groups is 1. The number of nitrogens with one attached hydrogen (secondary N) is 1. The molecule has 3 N–H and O–H groups in total. The monoisotopic (exact) mass is 329 g/mol. The van der Waals surface area contributed by atoms with Crippen LogP contribution >= 0.6 is 0 Å². The molecule has 23 heavy (non-hydrogen) atoms. The molecule has 5 nitrogen and oxygen atoms in total. The van der Waals surface area contributed by atoms with Gasteiger partial charge in [-0.15, -0.1) is 0 Å². The van der Waals surface area contributed by atoms with Crippen LogP contribution in [0.25, 0.3) is 0 Å². The maximum atomic E-state index is 12.6. The molecule has 1 aliphatic heterocycles. The lowest BCUT2D eigenvalue weighted by Crippen LogP contribution is -2.40. The molecule has 8 heteroatoms. The van der Waals surface area contributed by atoms with Crippen molar-refractivity contribution in [1.29, 1.82) is 0 Å². The van der Waals surface area contributed by atoms with Crippen molar-refractivity contribution in [2.45, 2.75) is 31.5 Å². The van der Waals surface area contributed by atoms with Gasteiger partial charge in [-0.1, -0.05) is 18.2 Å². The van der Waals surface area contributed by atoms with E-state index in [9.17, 15) is 22.8 Å². The first-order chi connectivity index (χ1) is 10.8. The number of benzene rings is 1. The number of carbonyl (C=O) groups excluding carboxylic acids is 2. The number of nitrogens with two attached hydrogens (primary N) is 1. The number of hydrogen-bond donors (Lipinski definition) is 2. The number of alkyl halides is 3. The molecule has 1 aromatic carbocycles. The van der Waals surface area contributed by atoms with E-state index < -0.39 is 17.8 Å². The molecular formula is C15H18F3N3O2. The number of likely N-dealkylation sites (tertiary alicyclic amines) is 1. The van der Waals surface area contributed by atoms with E-state index in [4.69, 9.17) is 5.73 Å². The molecule has 0 aromatic heterocycles. The lowest BCUT2D eigenvalue weighted by molar-refractivity contribution is -0.137. The fraction of sp³-hybridized carbons (Fsp3) is 0.467. The average Bonchev–Trinajstić information content (AvgIpc) is 2.93. The van der Waals surface area contributed by atoms with Gasteiger partial charge in [-0.25, -0.2) is 4.79 Å². The Hall–Kier alpha value is -2.25. The van der Waals surface area contributed by atoms with E-state index in [-0.39, 0.29) is 24.8 Å². The summed E-state index contributed by atoms with van der Waals surface area (Å²) in [5, 5.41) is 2.77. The molecule has 1 saturated heterocycles. The number of rotatable bonds is 4. The number of primary amides is 1. The first-order valence-electron chi connectivity index (χ1n) is 7.25. The van der Waals surface area contributed by atoms with Crippen LogP contribution in [-0.4, -0.2) is 36.0 Å². The van der Waals surface area contributed by atoms with Crippen LogP contribution in [0.15, 0.2) is 24.3 Å². The van der Waals surface area contributed by atoms with Crippen LogP contribution in [0.2, 0.25) is 0 Å². The summed E-state index contributed by atoms with van der Waals surface area (Å²) in [6.45, 7) is 0.860. The Labute approximate surface area is 131 Å². The summed E-state index contributed by atoms with van der Waals surface area (Å²) in [6, 6.07) is 4.27. The molecule has 1 atom stereocenters. The van der Waals surface area contributed by atoms with E-state index in [0.717, 1.165) is 12.1 Å². The first kappa shape index (κ1) is 17.1. The highest BCUT2D eigenvalue weighted by atomic mass is 19.4. The summed E-state index contributed by atoms with van der Waals surface area (Å²) in [6.07, 6.45) is -3.45. The van der Waals surface area contributed by atoms with Crippen LogP contribution in [0.1, 0.15) is 24.0 Å². The lowest BCUT2D eigenvalue weighted by atomic mass is 10.1. The third-order valence-corrected chi connectivity index (χ3v) is 3.76. The van der Waals surface area contributed by atoms with Gasteiger partial charge in [0.2, 0.25) is 5.91 Å². The SMILES string of the molecule is NC(=O)N1CC[C@H](NC(=O)CCc2cccc(C(F)(F)F)c2)C1. The van der Waals surface area contributed by atoms with Crippen LogP contribution in [0.3, 0.4) is 0 Å². The minimum atomic E-state index is -4.39. The van der Waals surface area contributed by atoms with Crippen LogP contribution in [0.5, 0.6) is 0 Å². The molecular weight excluding hydrogens is 311 g/mol. The van der Waals surface area contributed by atoms with Crippen molar-refractivity contribution >= 4 is 11.9 Å². The molecule has 3 amide bonds. The Balaban J connectivity index is 1.82. The second-order valence-corrected chi connectivity index (χ2v) is 5.54. The van der Waals surface area contributed by atoms with Gasteiger partial charge < -0.3 is 16.0 Å². The Kier molecular flexibility index (Phi) is 5.12. The highest BCUT2D eigenvalue weighted by molar-refractivity contribution is 5.77. The third kappa shape index (κ3) is 4.87. The maximum absolute atomic E-state index is 12.6. The van der Waals surface area contributed by atoms with Gasteiger partial charge >= 0.3 is 12.2 Å². The predicted molar refractivity (Wildman–Crippen MR) is 77.5 cm³/mol. The van der Waals surface area contributed by atoms with E-state index in [0.29, 0.717) is 25.1 Å². The maximum Gasteiger partial charge on any atom is 0.416 e. The fourth-order valence-corrected chi connectivity index (χ4v) is 2.54. The second kappa shape index (κ2) is 6.89. The van der Waals surface area contributed by atoms with E-state index in [1.54, 1.807) is 6.07 Å². The molecule has 0 radical (unpaired) electrons. The minimum Gasteiger partial charge on any atom is -0.352 e. The van der Waals surface area contributed by atoms with Crippen LogP contribution < -0.4 is 11.1 Å². The van der Waals surface area contributed by atoms with Crippen molar-refractivity contribution in [1.82, 2.24) is 10.2 Å². The van der Waals surface area contributed by atoms with Gasteiger partial charge in [-0.3, -0.25) is 4.79 Å². The van der Waals surface area contributed by atoms with Crippen LogP contribution in [0, 0.1) is 0 Å². The van der Waals surface area contributed by atoms with Crippen molar-refractivity contribution in [3.63, 3.8) is 0 Å². The van der Waals surface area contributed by atoms with E-state index >= 15 is 0 Å². The number of amides is 3. The summed E-state index contributed by atoms with van der Waals surface area (Å²) >= 11 is 0. The van der Waals surface area contributed by atoms with Gasteiger partial charge in [0.1, 0.15) is 0 Å². The number of aryl methyl sites for hydroxylation is 1. The highest BCUT2D eigenvalue weighted by Gasteiger charge is 2.30. The van der Waals surface area contributed by atoms with Crippen molar-refractivity contribution in [2.24, 2.45) is 5.73 Å². The van der Waals surface area contributed by atoms with Crippen molar-refractivity contribution < 1.29 is 22.8 Å².